The molecule has 6 nitrogen and oxygen atoms in total. The van der Waals surface area contributed by atoms with Gasteiger partial charge in [-0.05, 0) is 24.1 Å². The highest BCUT2D eigenvalue weighted by Crippen LogP contribution is 2.31. The third kappa shape index (κ3) is 1.85. The zero-order valence-electron chi connectivity index (χ0n) is 11.0. The minimum atomic E-state index is -1.05. The van der Waals surface area contributed by atoms with E-state index in [1.807, 2.05) is 13.8 Å². The number of furan rings is 1. The molecule has 3 rings (SSSR count). The van der Waals surface area contributed by atoms with E-state index >= 15 is 0 Å². The van der Waals surface area contributed by atoms with Gasteiger partial charge in [-0.1, -0.05) is 19.0 Å². The van der Waals surface area contributed by atoms with Crippen LogP contribution in [0.25, 0.3) is 22.6 Å². The highest BCUT2D eigenvalue weighted by molar-refractivity contribution is 6.06. The van der Waals surface area contributed by atoms with Crippen LogP contribution in [0.4, 0.5) is 0 Å². The molecule has 3 heterocycles. The normalized spacial score (nSPS) is 11.3. The summed E-state index contributed by atoms with van der Waals surface area (Å²) >= 11 is 0. The molecule has 0 unspecified atom stereocenters. The number of carbonyl (C=O) groups is 1. The zero-order chi connectivity index (χ0) is 14.3. The maximum atomic E-state index is 11.5. The number of carboxylic acid groups (broad SMARTS) is 1. The Morgan fingerprint density at radius 3 is 2.80 bits per heavy atom. The number of carboxylic acids is 1. The molecule has 0 saturated carbocycles. The van der Waals surface area contributed by atoms with Crippen molar-refractivity contribution < 1.29 is 18.8 Å². The number of nitrogens with zero attached hydrogens (tertiary/aromatic N) is 2. The SMILES string of the molecule is CC(C)c1cc(C(=O)O)c2c(-c3ccco3)noc2n1. The molecule has 0 atom stereocenters. The van der Waals surface area contributed by atoms with Crippen molar-refractivity contribution in [3.8, 4) is 11.5 Å². The van der Waals surface area contributed by atoms with Gasteiger partial charge in [0.1, 0.15) is 0 Å². The summed E-state index contributed by atoms with van der Waals surface area (Å²) in [4.78, 5) is 15.8. The molecule has 0 aliphatic heterocycles. The fourth-order valence-electron chi connectivity index (χ4n) is 2.02. The van der Waals surface area contributed by atoms with E-state index in [1.165, 1.54) is 6.26 Å². The van der Waals surface area contributed by atoms with Crippen LogP contribution in [0.1, 0.15) is 35.8 Å². The Hall–Kier alpha value is -2.63. The van der Waals surface area contributed by atoms with Crippen molar-refractivity contribution >= 4 is 17.1 Å². The van der Waals surface area contributed by atoms with Crippen LogP contribution in [0.15, 0.2) is 33.4 Å². The number of rotatable bonds is 3. The predicted molar refractivity (Wildman–Crippen MR) is 70.6 cm³/mol. The second-order valence-electron chi connectivity index (χ2n) is 4.74. The maximum absolute atomic E-state index is 11.5. The van der Waals surface area contributed by atoms with Crippen LogP contribution in [0.5, 0.6) is 0 Å². The fourth-order valence-corrected chi connectivity index (χ4v) is 2.02. The Morgan fingerprint density at radius 1 is 1.40 bits per heavy atom. The Bertz CT molecular complexity index is 772. The number of aromatic nitrogens is 2. The predicted octanol–water partition coefficient (Wildman–Crippen LogP) is 3.30. The van der Waals surface area contributed by atoms with E-state index < -0.39 is 5.97 Å². The monoisotopic (exact) mass is 272 g/mol. The van der Waals surface area contributed by atoms with Crippen LogP contribution in [0, 0.1) is 0 Å². The minimum Gasteiger partial charge on any atom is -0.478 e. The van der Waals surface area contributed by atoms with Crippen molar-refractivity contribution in [3.05, 3.63) is 35.7 Å². The summed E-state index contributed by atoms with van der Waals surface area (Å²) < 4.78 is 10.4. The van der Waals surface area contributed by atoms with E-state index in [-0.39, 0.29) is 17.2 Å². The van der Waals surface area contributed by atoms with Crippen molar-refractivity contribution in [2.24, 2.45) is 0 Å². The highest BCUT2D eigenvalue weighted by atomic mass is 16.5. The topological polar surface area (TPSA) is 89.4 Å². The fraction of sp³-hybridized carbons (Fsp3) is 0.214. The molecule has 0 spiro atoms. The van der Waals surface area contributed by atoms with Crippen LogP contribution in [0.2, 0.25) is 0 Å². The van der Waals surface area contributed by atoms with Crippen LogP contribution in [0.3, 0.4) is 0 Å². The molecule has 1 N–H and O–H groups in total. The van der Waals surface area contributed by atoms with E-state index in [1.54, 1.807) is 18.2 Å². The Labute approximate surface area is 114 Å². The smallest absolute Gasteiger partial charge is 0.336 e. The molecule has 0 aromatic carbocycles. The van der Waals surface area contributed by atoms with Crippen LogP contribution in [-0.2, 0) is 0 Å². The molecule has 0 aliphatic rings. The van der Waals surface area contributed by atoms with Gasteiger partial charge in [0.15, 0.2) is 11.5 Å². The molecule has 3 aromatic rings. The number of hydrogen-bond acceptors (Lipinski definition) is 5. The average molecular weight is 272 g/mol. The van der Waals surface area contributed by atoms with Gasteiger partial charge >= 0.3 is 5.97 Å². The Morgan fingerprint density at radius 2 is 2.20 bits per heavy atom. The lowest BCUT2D eigenvalue weighted by molar-refractivity contribution is 0.0699. The molecule has 20 heavy (non-hydrogen) atoms. The quantitative estimate of drug-likeness (QED) is 0.786. The van der Waals surface area contributed by atoms with Crippen molar-refractivity contribution in [3.63, 3.8) is 0 Å². The van der Waals surface area contributed by atoms with Crippen LogP contribution >= 0.6 is 0 Å². The Balaban J connectivity index is 2.34. The van der Waals surface area contributed by atoms with Crippen molar-refractivity contribution in [2.45, 2.75) is 19.8 Å². The number of aromatic carboxylic acids is 1. The van der Waals surface area contributed by atoms with Crippen molar-refractivity contribution in [1.82, 2.24) is 10.1 Å². The van der Waals surface area contributed by atoms with Crippen LogP contribution < -0.4 is 0 Å². The lowest BCUT2D eigenvalue weighted by atomic mass is 10.0. The van der Waals surface area contributed by atoms with Gasteiger partial charge < -0.3 is 14.0 Å². The number of pyridine rings is 1. The van der Waals surface area contributed by atoms with Crippen molar-refractivity contribution in [2.75, 3.05) is 0 Å². The van der Waals surface area contributed by atoms with Crippen molar-refractivity contribution in [1.29, 1.82) is 0 Å². The summed E-state index contributed by atoms with van der Waals surface area (Å²) in [6.45, 7) is 3.87. The summed E-state index contributed by atoms with van der Waals surface area (Å²) in [5.74, 6) is -0.504. The third-order valence-electron chi connectivity index (χ3n) is 3.04. The summed E-state index contributed by atoms with van der Waals surface area (Å²) in [6, 6.07) is 4.95. The van der Waals surface area contributed by atoms with E-state index in [4.69, 9.17) is 8.94 Å². The zero-order valence-corrected chi connectivity index (χ0v) is 11.0. The summed E-state index contributed by atoms with van der Waals surface area (Å²) in [5, 5.41) is 13.6. The summed E-state index contributed by atoms with van der Waals surface area (Å²) in [6.07, 6.45) is 1.49. The lowest BCUT2D eigenvalue weighted by Gasteiger charge is -2.05. The second-order valence-corrected chi connectivity index (χ2v) is 4.74. The molecule has 3 aromatic heterocycles. The summed E-state index contributed by atoms with van der Waals surface area (Å²) in [7, 11) is 0. The molecule has 0 bridgehead atoms. The first-order valence-electron chi connectivity index (χ1n) is 6.15. The highest BCUT2D eigenvalue weighted by Gasteiger charge is 2.22. The van der Waals surface area contributed by atoms with E-state index in [0.717, 1.165) is 0 Å². The van der Waals surface area contributed by atoms with Gasteiger partial charge in [0, 0.05) is 5.69 Å². The molecular formula is C14H12N2O4. The summed E-state index contributed by atoms with van der Waals surface area (Å²) in [5.41, 5.74) is 1.33. The van der Waals surface area contributed by atoms with Gasteiger partial charge in [0.25, 0.3) is 5.71 Å². The first-order valence-corrected chi connectivity index (χ1v) is 6.15. The van der Waals surface area contributed by atoms with Gasteiger partial charge in [-0.3, -0.25) is 0 Å². The lowest BCUT2D eigenvalue weighted by Crippen LogP contribution is -2.02. The third-order valence-corrected chi connectivity index (χ3v) is 3.04. The largest absolute Gasteiger partial charge is 0.478 e. The van der Waals surface area contributed by atoms with E-state index in [2.05, 4.69) is 10.1 Å². The number of hydrogen-bond donors (Lipinski definition) is 1. The molecule has 0 fully saturated rings. The van der Waals surface area contributed by atoms with Gasteiger partial charge in [-0.15, -0.1) is 0 Å². The molecule has 6 heteroatoms. The second kappa shape index (κ2) is 4.48. The van der Waals surface area contributed by atoms with E-state index in [0.29, 0.717) is 22.5 Å². The molecule has 0 aliphatic carbocycles. The maximum Gasteiger partial charge on any atom is 0.336 e. The molecule has 0 saturated heterocycles. The van der Waals surface area contributed by atoms with Gasteiger partial charge in [-0.25, -0.2) is 9.78 Å². The van der Waals surface area contributed by atoms with Crippen LogP contribution in [-0.4, -0.2) is 21.2 Å². The first kappa shape index (κ1) is 12.4. The van der Waals surface area contributed by atoms with E-state index in [9.17, 15) is 9.90 Å². The molecule has 0 amide bonds. The average Bonchev–Trinajstić information content (AvgIpc) is 3.05. The van der Waals surface area contributed by atoms with Gasteiger partial charge in [-0.2, -0.15) is 0 Å². The Kier molecular flexibility index (Phi) is 2.78. The first-order chi connectivity index (χ1) is 9.58. The minimum absolute atomic E-state index is 0.0923. The van der Waals surface area contributed by atoms with Gasteiger partial charge in [0.05, 0.1) is 17.2 Å². The molecule has 102 valence electrons. The molecule has 0 radical (unpaired) electrons. The standard InChI is InChI=1S/C14H12N2O4/c1-7(2)9-6-8(14(17)18)11-12(10-4-3-5-19-10)16-20-13(11)15-9/h3-7H,1-2H3,(H,17,18). The molecular weight excluding hydrogens is 260 g/mol. The number of fused-ring (bicyclic) bond motifs is 1. The van der Waals surface area contributed by atoms with Gasteiger partial charge in [0.2, 0.25) is 0 Å².